The third-order valence-electron chi connectivity index (χ3n) is 3.75. The molecule has 0 atom stereocenters. The van der Waals surface area contributed by atoms with Crippen molar-refractivity contribution in [1.82, 2.24) is 0 Å². The first-order valence-electron chi connectivity index (χ1n) is 9.42. The van der Waals surface area contributed by atoms with Crippen molar-refractivity contribution in [3.05, 3.63) is 0 Å². The Morgan fingerprint density at radius 2 is 1.29 bits per heavy atom. The van der Waals surface area contributed by atoms with Crippen LogP contribution in [0.1, 0.15) is 91.4 Å². The van der Waals surface area contributed by atoms with E-state index in [9.17, 15) is 0 Å². The largest absolute Gasteiger partial charge is 0.381 e. The van der Waals surface area contributed by atoms with E-state index in [-0.39, 0.29) is 0 Å². The van der Waals surface area contributed by atoms with Crippen LogP contribution in [-0.4, -0.2) is 24.7 Å². The van der Waals surface area contributed by atoms with E-state index in [0.29, 0.717) is 0 Å². The average molecular weight is 317 g/mol. The molecule has 0 N–H and O–H groups in total. The summed E-state index contributed by atoms with van der Waals surface area (Å²) in [6, 6.07) is 0. The summed E-state index contributed by atoms with van der Waals surface area (Å²) >= 11 is 2.11. The van der Waals surface area contributed by atoms with Gasteiger partial charge in [-0.15, -0.1) is 0 Å². The highest BCUT2D eigenvalue weighted by Crippen LogP contribution is 2.13. The molecule has 0 rings (SSSR count). The molecular weight excluding hydrogens is 276 g/mol. The third-order valence-corrected chi connectivity index (χ3v) is 4.90. The Labute approximate surface area is 139 Å². The maximum atomic E-state index is 5.48. The van der Waals surface area contributed by atoms with Crippen LogP contribution in [0.25, 0.3) is 0 Å². The summed E-state index contributed by atoms with van der Waals surface area (Å²) in [7, 11) is 0. The molecule has 0 aromatic carbocycles. The van der Waals surface area contributed by atoms with Crippen LogP contribution >= 0.6 is 11.8 Å². The SMILES string of the molecule is CCCOCCCSCCCCCCCCCCC(C)C. The van der Waals surface area contributed by atoms with E-state index in [0.717, 1.165) is 25.6 Å². The Morgan fingerprint density at radius 3 is 1.90 bits per heavy atom. The van der Waals surface area contributed by atoms with Gasteiger partial charge in [0.1, 0.15) is 0 Å². The van der Waals surface area contributed by atoms with Crippen LogP contribution < -0.4 is 0 Å². The van der Waals surface area contributed by atoms with E-state index in [4.69, 9.17) is 4.74 Å². The topological polar surface area (TPSA) is 9.23 Å². The van der Waals surface area contributed by atoms with Gasteiger partial charge in [0, 0.05) is 13.2 Å². The van der Waals surface area contributed by atoms with Crippen LogP contribution in [0, 0.1) is 5.92 Å². The fraction of sp³-hybridized carbons (Fsp3) is 1.00. The van der Waals surface area contributed by atoms with Crippen molar-refractivity contribution in [2.45, 2.75) is 91.4 Å². The number of rotatable bonds is 17. The van der Waals surface area contributed by atoms with Gasteiger partial charge in [0.25, 0.3) is 0 Å². The van der Waals surface area contributed by atoms with Crippen LogP contribution in [0.3, 0.4) is 0 Å². The Hall–Kier alpha value is 0.310. The Bertz CT molecular complexity index is 182. The molecule has 0 spiro atoms. The Balaban J connectivity index is 2.93. The maximum absolute atomic E-state index is 5.48. The fourth-order valence-electron chi connectivity index (χ4n) is 2.43. The Morgan fingerprint density at radius 1 is 0.714 bits per heavy atom. The van der Waals surface area contributed by atoms with Gasteiger partial charge in [0.15, 0.2) is 0 Å². The lowest BCUT2D eigenvalue weighted by atomic mass is 10.0. The average Bonchev–Trinajstić information content (AvgIpc) is 2.46. The van der Waals surface area contributed by atoms with Crippen LogP contribution in [-0.2, 0) is 4.74 Å². The summed E-state index contributed by atoms with van der Waals surface area (Å²) in [6.07, 6.45) is 15.3. The molecule has 0 aromatic rings. The smallest absolute Gasteiger partial charge is 0.0473 e. The highest BCUT2D eigenvalue weighted by atomic mass is 32.2. The van der Waals surface area contributed by atoms with Crippen molar-refractivity contribution in [3.8, 4) is 0 Å². The van der Waals surface area contributed by atoms with E-state index in [2.05, 4.69) is 32.5 Å². The molecule has 1 nitrogen and oxygen atoms in total. The lowest BCUT2D eigenvalue weighted by Crippen LogP contribution is -1.97. The van der Waals surface area contributed by atoms with Gasteiger partial charge in [-0.05, 0) is 36.7 Å². The van der Waals surface area contributed by atoms with Crippen LogP contribution in [0.15, 0.2) is 0 Å². The monoisotopic (exact) mass is 316 g/mol. The first-order chi connectivity index (χ1) is 10.3. The van der Waals surface area contributed by atoms with Crippen molar-refractivity contribution in [1.29, 1.82) is 0 Å². The molecule has 0 unspecified atom stereocenters. The zero-order valence-corrected chi connectivity index (χ0v) is 15.8. The van der Waals surface area contributed by atoms with E-state index in [1.54, 1.807) is 0 Å². The van der Waals surface area contributed by atoms with Crippen molar-refractivity contribution in [2.24, 2.45) is 5.92 Å². The second-order valence-electron chi connectivity index (χ2n) is 6.59. The van der Waals surface area contributed by atoms with Gasteiger partial charge in [-0.2, -0.15) is 11.8 Å². The van der Waals surface area contributed by atoms with Crippen LogP contribution in [0.4, 0.5) is 0 Å². The minimum absolute atomic E-state index is 0.890. The Kier molecular flexibility index (Phi) is 18.6. The lowest BCUT2D eigenvalue weighted by molar-refractivity contribution is 0.136. The zero-order valence-electron chi connectivity index (χ0n) is 15.0. The summed E-state index contributed by atoms with van der Waals surface area (Å²) in [5.74, 6) is 3.52. The molecule has 0 aliphatic carbocycles. The number of hydrogen-bond acceptors (Lipinski definition) is 2. The second kappa shape index (κ2) is 18.4. The van der Waals surface area contributed by atoms with Crippen LogP contribution in [0.2, 0.25) is 0 Å². The van der Waals surface area contributed by atoms with Gasteiger partial charge in [0.2, 0.25) is 0 Å². The first kappa shape index (κ1) is 21.3. The quantitative estimate of drug-likeness (QED) is 0.276. The van der Waals surface area contributed by atoms with E-state index in [1.807, 2.05) is 0 Å². The van der Waals surface area contributed by atoms with Gasteiger partial charge in [0.05, 0.1) is 0 Å². The molecule has 21 heavy (non-hydrogen) atoms. The summed E-state index contributed by atoms with van der Waals surface area (Å²) in [4.78, 5) is 0. The molecule has 0 saturated carbocycles. The van der Waals surface area contributed by atoms with Crippen molar-refractivity contribution >= 4 is 11.8 Å². The number of unbranched alkanes of at least 4 members (excludes halogenated alkanes) is 7. The summed E-state index contributed by atoms with van der Waals surface area (Å²) in [5, 5.41) is 0. The minimum atomic E-state index is 0.890. The normalized spacial score (nSPS) is 11.4. The zero-order chi connectivity index (χ0) is 15.6. The van der Waals surface area contributed by atoms with Gasteiger partial charge < -0.3 is 4.74 Å². The van der Waals surface area contributed by atoms with Gasteiger partial charge in [-0.25, -0.2) is 0 Å². The number of hydrogen-bond donors (Lipinski definition) is 0. The fourth-order valence-corrected chi connectivity index (χ4v) is 3.36. The molecule has 0 bridgehead atoms. The molecule has 0 aromatic heterocycles. The molecule has 0 fully saturated rings. The predicted octanol–water partition coefficient (Wildman–Crippen LogP) is 6.70. The first-order valence-corrected chi connectivity index (χ1v) is 10.6. The number of ether oxygens (including phenoxy) is 1. The summed E-state index contributed by atoms with van der Waals surface area (Å²) in [6.45, 7) is 8.71. The lowest BCUT2D eigenvalue weighted by Gasteiger charge is -2.05. The molecule has 0 aliphatic rings. The standard InChI is InChI=1S/C19H40OS/c1-4-15-20-16-13-18-21-17-12-10-8-6-5-7-9-11-14-19(2)3/h19H,4-18H2,1-3H3. The van der Waals surface area contributed by atoms with Crippen molar-refractivity contribution in [3.63, 3.8) is 0 Å². The van der Waals surface area contributed by atoms with Gasteiger partial charge in [-0.1, -0.05) is 72.1 Å². The molecule has 0 aliphatic heterocycles. The number of thioether (sulfide) groups is 1. The predicted molar refractivity (Wildman–Crippen MR) is 99.4 cm³/mol. The summed E-state index contributed by atoms with van der Waals surface area (Å²) in [5.41, 5.74) is 0. The molecule has 128 valence electrons. The molecule has 0 amide bonds. The second-order valence-corrected chi connectivity index (χ2v) is 7.81. The highest BCUT2D eigenvalue weighted by molar-refractivity contribution is 7.99. The van der Waals surface area contributed by atoms with Crippen molar-refractivity contribution in [2.75, 3.05) is 24.7 Å². The molecule has 0 heterocycles. The van der Waals surface area contributed by atoms with E-state index < -0.39 is 0 Å². The van der Waals surface area contributed by atoms with E-state index in [1.165, 1.54) is 75.7 Å². The molecule has 0 radical (unpaired) electrons. The molecule has 2 heteroatoms. The van der Waals surface area contributed by atoms with Crippen LogP contribution in [0.5, 0.6) is 0 Å². The molecular formula is C19H40OS. The summed E-state index contributed by atoms with van der Waals surface area (Å²) < 4.78 is 5.48. The van der Waals surface area contributed by atoms with Gasteiger partial charge >= 0.3 is 0 Å². The third kappa shape index (κ3) is 20.3. The van der Waals surface area contributed by atoms with E-state index >= 15 is 0 Å². The minimum Gasteiger partial charge on any atom is -0.381 e. The van der Waals surface area contributed by atoms with Crippen molar-refractivity contribution < 1.29 is 4.74 Å². The molecule has 0 saturated heterocycles. The maximum Gasteiger partial charge on any atom is 0.0473 e. The van der Waals surface area contributed by atoms with Gasteiger partial charge in [-0.3, -0.25) is 0 Å². The highest BCUT2D eigenvalue weighted by Gasteiger charge is 1.96.